The normalized spacial score (nSPS) is 28.9. The van der Waals surface area contributed by atoms with Gasteiger partial charge in [-0.05, 0) is 112 Å². The molecule has 2 bridgehead atoms. The molecule has 0 unspecified atom stereocenters. The highest BCUT2D eigenvalue weighted by Crippen LogP contribution is 2.42. The molecule has 6 rings (SSSR count). The maximum Gasteiger partial charge on any atom is 0.287 e. The van der Waals surface area contributed by atoms with Crippen LogP contribution in [0.2, 0.25) is 5.02 Å². The molecule has 2 fully saturated rings. The molecule has 4 aliphatic rings. The van der Waals surface area contributed by atoms with E-state index in [4.69, 9.17) is 25.8 Å². The van der Waals surface area contributed by atoms with Crippen LogP contribution in [0.4, 0.5) is 5.69 Å². The number of hydrogen-bond donors (Lipinski definition) is 1. The molecule has 0 spiro atoms. The van der Waals surface area contributed by atoms with Crippen molar-refractivity contribution < 1.29 is 28.0 Å². The lowest BCUT2D eigenvalue weighted by atomic mass is 9.70. The number of fused-ring (bicyclic) bond motifs is 3. The Bertz CT molecular complexity index is 1650. The molecule has 2 saturated carbocycles. The Morgan fingerprint density at radius 1 is 1.09 bits per heavy atom. The average molecular weight is 684 g/mol. The van der Waals surface area contributed by atoms with Gasteiger partial charge in [0.05, 0.1) is 23.3 Å². The summed E-state index contributed by atoms with van der Waals surface area (Å²) in [5, 5.41) is 0.706. The van der Waals surface area contributed by atoms with Crippen LogP contribution < -0.4 is 14.4 Å². The number of hydrogen-bond acceptors (Lipinski definition) is 7. The fourth-order valence-electron chi connectivity index (χ4n) is 6.78. The first kappa shape index (κ1) is 34.0. The number of ether oxygens (including phenoxy) is 3. The van der Waals surface area contributed by atoms with Gasteiger partial charge in [0.2, 0.25) is 5.91 Å². The highest BCUT2D eigenvalue weighted by Gasteiger charge is 2.38. The highest BCUT2D eigenvalue weighted by atomic mass is 35.5. The molecule has 254 valence electrons. The van der Waals surface area contributed by atoms with Crippen molar-refractivity contribution in [3.63, 3.8) is 0 Å². The SMILES string of the molecule is CO[C@H]1/C=C/COC(C)(C)C(=O)N=[S@](=O)(NC(=O)C2CCC2)c2ccc3c(c2)N(CCCCc2cc(Cl)ccc2CO3)C[C@@H]2CC[C@H]21. The second kappa shape index (κ2) is 14.3. The first-order valence-corrected chi connectivity index (χ1v) is 18.7. The summed E-state index contributed by atoms with van der Waals surface area (Å²) in [5.74, 6) is 0.0133. The monoisotopic (exact) mass is 683 g/mol. The summed E-state index contributed by atoms with van der Waals surface area (Å²) in [6.45, 7) is 5.23. The number of nitrogens with zero attached hydrogens (tertiary/aromatic N) is 2. The van der Waals surface area contributed by atoms with E-state index >= 15 is 0 Å². The molecule has 0 saturated heterocycles. The second-order valence-electron chi connectivity index (χ2n) is 13.7. The third kappa shape index (κ3) is 7.56. The van der Waals surface area contributed by atoms with Crippen LogP contribution in [0.5, 0.6) is 5.75 Å². The van der Waals surface area contributed by atoms with E-state index < -0.39 is 21.4 Å². The molecule has 2 aliphatic heterocycles. The van der Waals surface area contributed by atoms with Crippen LogP contribution in [-0.4, -0.2) is 54.5 Å². The molecule has 11 heteroatoms. The van der Waals surface area contributed by atoms with Gasteiger partial charge in [-0.25, -0.2) is 4.21 Å². The number of halogens is 1. The van der Waals surface area contributed by atoms with Crippen molar-refractivity contribution in [1.29, 1.82) is 0 Å². The smallest absolute Gasteiger partial charge is 0.287 e. The summed E-state index contributed by atoms with van der Waals surface area (Å²) in [6.07, 6.45) is 11.1. The summed E-state index contributed by atoms with van der Waals surface area (Å²) < 4.78 is 40.2. The third-order valence-corrected chi connectivity index (χ3v) is 12.2. The lowest BCUT2D eigenvalue weighted by molar-refractivity contribution is -0.137. The number of methoxy groups -OCH3 is 1. The number of benzene rings is 2. The van der Waals surface area contributed by atoms with Crippen molar-refractivity contribution in [3.8, 4) is 5.75 Å². The molecule has 2 aromatic rings. The van der Waals surface area contributed by atoms with Gasteiger partial charge in [-0.15, -0.1) is 4.36 Å². The van der Waals surface area contributed by atoms with Crippen LogP contribution in [0, 0.1) is 17.8 Å². The molecule has 2 aromatic carbocycles. The zero-order valence-electron chi connectivity index (χ0n) is 27.5. The number of amides is 2. The van der Waals surface area contributed by atoms with Crippen LogP contribution in [0.15, 0.2) is 57.8 Å². The largest absolute Gasteiger partial charge is 0.487 e. The molecule has 2 heterocycles. The number of aryl methyl sites for hydroxylation is 1. The van der Waals surface area contributed by atoms with E-state index in [9.17, 15) is 13.8 Å². The quantitative estimate of drug-likeness (QED) is 0.361. The number of nitrogens with one attached hydrogen (secondary N) is 1. The van der Waals surface area contributed by atoms with Crippen molar-refractivity contribution in [2.45, 2.75) is 88.4 Å². The van der Waals surface area contributed by atoms with Gasteiger partial charge in [-0.1, -0.05) is 36.2 Å². The first-order chi connectivity index (χ1) is 22.6. The van der Waals surface area contributed by atoms with Gasteiger partial charge < -0.3 is 19.1 Å². The van der Waals surface area contributed by atoms with E-state index in [0.717, 1.165) is 75.7 Å². The van der Waals surface area contributed by atoms with Gasteiger partial charge >= 0.3 is 0 Å². The predicted molar refractivity (Wildman–Crippen MR) is 183 cm³/mol. The summed E-state index contributed by atoms with van der Waals surface area (Å²) in [6, 6.07) is 11.2. The summed E-state index contributed by atoms with van der Waals surface area (Å²) in [5.41, 5.74) is 1.63. The number of rotatable bonds is 3. The Balaban J connectivity index is 1.47. The first-order valence-electron chi connectivity index (χ1n) is 16.8. The van der Waals surface area contributed by atoms with Crippen molar-refractivity contribution >= 4 is 39.0 Å². The van der Waals surface area contributed by atoms with Crippen LogP contribution in [0.25, 0.3) is 0 Å². The molecule has 9 nitrogen and oxygen atoms in total. The standard InChI is InChI=1S/C36H46ClN3O6S/c1-36(2)35(42)39-47(43,38-34(41)24-9-6-10-24)29-15-17-33-31(21-29)40(22-26-13-16-30(26)32(44-3)11-7-19-46-36)18-5-4-8-25-20-28(37)14-12-27(25)23-45-33/h7,11-12,14-15,17,20-21,24,26,30,32H,4-6,8-10,13,16,18-19,22-23H2,1-3H3,(H,38,39,41,42,43)/b11-7+/t26-,30+,32-,47+/m0/s1. The molecule has 2 aliphatic carbocycles. The van der Waals surface area contributed by atoms with Crippen molar-refractivity contribution in [3.05, 3.63) is 64.7 Å². The van der Waals surface area contributed by atoms with Crippen LogP contribution in [0.3, 0.4) is 0 Å². The van der Waals surface area contributed by atoms with Gasteiger partial charge in [-0.2, -0.15) is 0 Å². The molecule has 1 N–H and O–H groups in total. The maximum absolute atomic E-state index is 14.8. The van der Waals surface area contributed by atoms with Gasteiger partial charge in [-0.3, -0.25) is 14.3 Å². The molecule has 4 atom stereocenters. The number of carbonyl (C=O) groups excluding carboxylic acids is 2. The number of anilines is 1. The van der Waals surface area contributed by atoms with E-state index in [2.05, 4.69) is 14.0 Å². The highest BCUT2D eigenvalue weighted by molar-refractivity contribution is 7.92. The second-order valence-corrected chi connectivity index (χ2v) is 16.0. The van der Waals surface area contributed by atoms with Crippen molar-refractivity contribution in [2.75, 3.05) is 31.7 Å². The van der Waals surface area contributed by atoms with Gasteiger partial charge in [0, 0.05) is 31.1 Å². The van der Waals surface area contributed by atoms with E-state index in [1.54, 1.807) is 39.2 Å². The lowest BCUT2D eigenvalue weighted by Crippen LogP contribution is -2.44. The molecule has 47 heavy (non-hydrogen) atoms. The third-order valence-electron chi connectivity index (χ3n) is 10.2. The molecular weight excluding hydrogens is 638 g/mol. The molecule has 2 amide bonds. The van der Waals surface area contributed by atoms with Gasteiger partial charge in [0.1, 0.15) is 18.0 Å². The minimum Gasteiger partial charge on any atom is -0.487 e. The Kier molecular flexibility index (Phi) is 10.3. The average Bonchev–Trinajstić information content (AvgIpc) is 3.02. The van der Waals surface area contributed by atoms with Crippen molar-refractivity contribution in [2.24, 2.45) is 22.1 Å². The summed E-state index contributed by atoms with van der Waals surface area (Å²) >= 11 is 6.37. The molecular formula is C36H46ClN3O6S. The minimum absolute atomic E-state index is 0.0838. The fourth-order valence-corrected chi connectivity index (χ4v) is 8.66. The van der Waals surface area contributed by atoms with E-state index in [1.165, 1.54) is 5.56 Å². The van der Waals surface area contributed by atoms with Crippen LogP contribution >= 0.6 is 11.6 Å². The van der Waals surface area contributed by atoms with Gasteiger partial charge in [0.15, 0.2) is 9.92 Å². The van der Waals surface area contributed by atoms with E-state index in [-0.39, 0.29) is 29.4 Å². The molecule has 0 radical (unpaired) electrons. The Morgan fingerprint density at radius 3 is 2.64 bits per heavy atom. The Morgan fingerprint density at radius 2 is 1.91 bits per heavy atom. The lowest BCUT2D eigenvalue weighted by Gasteiger charge is -2.43. The number of carbonyl (C=O) groups is 2. The zero-order valence-corrected chi connectivity index (χ0v) is 29.1. The predicted octanol–water partition coefficient (Wildman–Crippen LogP) is 6.65. The summed E-state index contributed by atoms with van der Waals surface area (Å²) in [4.78, 5) is 29.5. The van der Waals surface area contributed by atoms with E-state index in [1.807, 2.05) is 30.4 Å². The fraction of sp³-hybridized carbons (Fsp3) is 0.556. The molecule has 0 aromatic heterocycles. The zero-order chi connectivity index (χ0) is 33.2. The Hall–Kier alpha value is -2.92. The summed E-state index contributed by atoms with van der Waals surface area (Å²) in [7, 11) is -1.99. The minimum atomic E-state index is -3.72. The maximum atomic E-state index is 14.8. The van der Waals surface area contributed by atoms with E-state index in [0.29, 0.717) is 29.2 Å². The topological polar surface area (TPSA) is 107 Å². The van der Waals surface area contributed by atoms with Gasteiger partial charge in [0.25, 0.3) is 5.91 Å². The van der Waals surface area contributed by atoms with Crippen molar-refractivity contribution in [1.82, 2.24) is 4.72 Å². The van der Waals surface area contributed by atoms with Crippen LogP contribution in [-0.2, 0) is 42.0 Å². The van der Waals surface area contributed by atoms with Crippen LogP contribution in [0.1, 0.15) is 69.9 Å². The Labute approximate surface area is 283 Å².